The lowest BCUT2D eigenvalue weighted by Crippen LogP contribution is -1.98. The minimum absolute atomic E-state index is 0.485. The summed E-state index contributed by atoms with van der Waals surface area (Å²) in [5, 5.41) is 13.4. The highest BCUT2D eigenvalue weighted by Gasteiger charge is 2.08. The lowest BCUT2D eigenvalue weighted by molar-refractivity contribution is 0.415. The molecule has 2 aromatic carbocycles. The van der Waals surface area contributed by atoms with E-state index in [4.69, 9.17) is 9.47 Å². The molecule has 23 heavy (non-hydrogen) atoms. The Morgan fingerprint density at radius 3 is 2.30 bits per heavy atom. The van der Waals surface area contributed by atoms with Crippen LogP contribution in [-0.4, -0.2) is 19.2 Å². The van der Waals surface area contributed by atoms with E-state index in [1.165, 1.54) is 0 Å². The van der Waals surface area contributed by atoms with Gasteiger partial charge in [0.05, 0.1) is 25.3 Å². The molecule has 0 spiro atoms. The smallest absolute Gasteiger partial charge is 0.149 e. The van der Waals surface area contributed by atoms with Crippen LogP contribution in [0.5, 0.6) is 11.5 Å². The van der Waals surface area contributed by atoms with E-state index in [9.17, 15) is 5.26 Å². The molecule has 0 amide bonds. The summed E-state index contributed by atoms with van der Waals surface area (Å²) in [4.78, 5) is 4.55. The highest BCUT2D eigenvalue weighted by molar-refractivity contribution is 5.85. The van der Waals surface area contributed by atoms with Crippen molar-refractivity contribution in [3.8, 4) is 17.6 Å². The van der Waals surface area contributed by atoms with Gasteiger partial charge < -0.3 is 14.8 Å². The van der Waals surface area contributed by atoms with Gasteiger partial charge in [0, 0.05) is 17.1 Å². The molecule has 1 N–H and O–H groups in total. The van der Waals surface area contributed by atoms with Crippen LogP contribution < -0.4 is 14.8 Å². The molecule has 3 aromatic rings. The molecule has 0 radical (unpaired) electrons. The summed E-state index contributed by atoms with van der Waals surface area (Å²) in [7, 11) is 3.23. The summed E-state index contributed by atoms with van der Waals surface area (Å²) in [5.41, 5.74) is 2.08. The fourth-order valence-electron chi connectivity index (χ4n) is 2.27. The van der Waals surface area contributed by atoms with E-state index in [1.54, 1.807) is 14.2 Å². The normalized spacial score (nSPS) is 10.1. The second-order valence-electron chi connectivity index (χ2n) is 4.91. The fraction of sp³-hybridized carbons (Fsp3) is 0.111. The van der Waals surface area contributed by atoms with Gasteiger partial charge in [0.1, 0.15) is 23.4 Å². The molecule has 0 unspecified atom stereocenters. The number of aromatic nitrogens is 1. The summed E-state index contributed by atoms with van der Waals surface area (Å²) < 4.78 is 10.4. The molecule has 1 heterocycles. The third kappa shape index (κ3) is 3.01. The average Bonchev–Trinajstić information content (AvgIpc) is 2.61. The predicted octanol–water partition coefficient (Wildman–Crippen LogP) is 3.87. The highest BCUT2D eigenvalue weighted by atomic mass is 16.5. The zero-order valence-electron chi connectivity index (χ0n) is 12.8. The van der Waals surface area contributed by atoms with E-state index in [2.05, 4.69) is 16.4 Å². The van der Waals surface area contributed by atoms with Crippen LogP contribution >= 0.6 is 0 Å². The number of hydrogen-bond donors (Lipinski definition) is 1. The zero-order valence-corrected chi connectivity index (χ0v) is 12.8. The Balaban J connectivity index is 2.02. The summed E-state index contributed by atoms with van der Waals surface area (Å²) in [6.45, 7) is 0. The second-order valence-corrected chi connectivity index (χ2v) is 4.91. The molecule has 5 heteroatoms. The van der Waals surface area contributed by atoms with E-state index >= 15 is 0 Å². The van der Waals surface area contributed by atoms with Crippen molar-refractivity contribution in [3.05, 3.63) is 54.1 Å². The van der Waals surface area contributed by atoms with E-state index in [1.807, 2.05) is 48.5 Å². The number of benzene rings is 2. The van der Waals surface area contributed by atoms with Gasteiger partial charge in [-0.15, -0.1) is 0 Å². The van der Waals surface area contributed by atoms with Crippen molar-refractivity contribution in [1.29, 1.82) is 5.26 Å². The van der Waals surface area contributed by atoms with Gasteiger partial charge in [0.15, 0.2) is 0 Å². The minimum Gasteiger partial charge on any atom is -0.497 e. The average molecular weight is 305 g/mol. The van der Waals surface area contributed by atoms with Crippen molar-refractivity contribution in [2.75, 3.05) is 19.5 Å². The molecule has 5 nitrogen and oxygen atoms in total. The van der Waals surface area contributed by atoms with Crippen LogP contribution in [0.1, 0.15) is 5.56 Å². The number of ether oxygens (including phenoxy) is 2. The minimum atomic E-state index is 0.485. The van der Waals surface area contributed by atoms with Crippen molar-refractivity contribution in [2.24, 2.45) is 0 Å². The molecule has 114 valence electrons. The van der Waals surface area contributed by atoms with Gasteiger partial charge in [-0.05, 0) is 42.5 Å². The number of nitriles is 1. The third-order valence-corrected chi connectivity index (χ3v) is 3.50. The number of nitrogens with one attached hydrogen (secondary N) is 1. The van der Waals surface area contributed by atoms with Crippen LogP contribution in [0, 0.1) is 11.3 Å². The van der Waals surface area contributed by atoms with Gasteiger partial charge in [0.2, 0.25) is 0 Å². The SMILES string of the molecule is COc1ccc(Nc2nc3cc(OC)ccc3cc2C#N)cc1. The lowest BCUT2D eigenvalue weighted by Gasteiger charge is -2.10. The van der Waals surface area contributed by atoms with Crippen LogP contribution in [0.3, 0.4) is 0 Å². The second kappa shape index (κ2) is 6.24. The Hall–Kier alpha value is -3.26. The molecule has 0 atom stereocenters. The summed E-state index contributed by atoms with van der Waals surface area (Å²) in [6.07, 6.45) is 0. The van der Waals surface area contributed by atoms with Crippen molar-refractivity contribution in [2.45, 2.75) is 0 Å². The Bertz CT molecular complexity index is 883. The van der Waals surface area contributed by atoms with Gasteiger partial charge in [-0.3, -0.25) is 0 Å². The van der Waals surface area contributed by atoms with Crippen molar-refractivity contribution in [1.82, 2.24) is 4.98 Å². The van der Waals surface area contributed by atoms with Gasteiger partial charge >= 0.3 is 0 Å². The van der Waals surface area contributed by atoms with Crippen LogP contribution in [0.15, 0.2) is 48.5 Å². The first-order chi connectivity index (χ1) is 11.2. The largest absolute Gasteiger partial charge is 0.497 e. The van der Waals surface area contributed by atoms with Crippen molar-refractivity contribution >= 4 is 22.4 Å². The van der Waals surface area contributed by atoms with E-state index in [-0.39, 0.29) is 0 Å². The number of pyridine rings is 1. The van der Waals surface area contributed by atoms with Gasteiger partial charge in [-0.25, -0.2) is 4.98 Å². The Kier molecular flexibility index (Phi) is 3.98. The first kappa shape index (κ1) is 14.7. The number of anilines is 2. The van der Waals surface area contributed by atoms with Gasteiger partial charge in [0.25, 0.3) is 0 Å². The van der Waals surface area contributed by atoms with E-state index < -0.39 is 0 Å². The topological polar surface area (TPSA) is 67.2 Å². The first-order valence-electron chi connectivity index (χ1n) is 7.03. The van der Waals surface area contributed by atoms with Crippen LogP contribution in [0.4, 0.5) is 11.5 Å². The van der Waals surface area contributed by atoms with E-state index in [0.717, 1.165) is 28.1 Å². The maximum atomic E-state index is 9.36. The maximum Gasteiger partial charge on any atom is 0.149 e. The predicted molar refractivity (Wildman–Crippen MR) is 89.3 cm³/mol. The standard InChI is InChI=1S/C18H15N3O2/c1-22-15-7-4-14(5-8-15)20-18-13(11-19)9-12-3-6-16(23-2)10-17(12)21-18/h3-10H,1-2H3,(H,20,21). The molecule has 0 aliphatic rings. The molecular formula is C18H15N3O2. The first-order valence-corrected chi connectivity index (χ1v) is 7.03. The van der Waals surface area contributed by atoms with Crippen LogP contribution in [0.2, 0.25) is 0 Å². The third-order valence-electron chi connectivity index (χ3n) is 3.50. The van der Waals surface area contributed by atoms with Crippen molar-refractivity contribution < 1.29 is 9.47 Å². The van der Waals surface area contributed by atoms with Crippen LogP contribution in [-0.2, 0) is 0 Å². The lowest BCUT2D eigenvalue weighted by atomic mass is 10.1. The summed E-state index contributed by atoms with van der Waals surface area (Å²) >= 11 is 0. The molecular weight excluding hydrogens is 290 g/mol. The Morgan fingerprint density at radius 2 is 1.65 bits per heavy atom. The molecule has 1 aromatic heterocycles. The Morgan fingerprint density at radius 1 is 0.957 bits per heavy atom. The molecule has 0 aliphatic heterocycles. The molecule has 0 aliphatic carbocycles. The highest BCUT2D eigenvalue weighted by Crippen LogP contribution is 2.26. The molecule has 0 saturated carbocycles. The fourth-order valence-corrected chi connectivity index (χ4v) is 2.27. The van der Waals surface area contributed by atoms with Crippen LogP contribution in [0.25, 0.3) is 10.9 Å². The number of methoxy groups -OCH3 is 2. The zero-order chi connectivity index (χ0) is 16.2. The number of fused-ring (bicyclic) bond motifs is 1. The summed E-state index contributed by atoms with van der Waals surface area (Å²) in [5.74, 6) is 2.01. The number of nitrogens with zero attached hydrogens (tertiary/aromatic N) is 2. The monoisotopic (exact) mass is 305 g/mol. The van der Waals surface area contributed by atoms with E-state index in [0.29, 0.717) is 11.4 Å². The van der Waals surface area contributed by atoms with Gasteiger partial charge in [-0.2, -0.15) is 5.26 Å². The number of rotatable bonds is 4. The maximum absolute atomic E-state index is 9.36. The molecule has 3 rings (SSSR count). The molecule has 0 saturated heterocycles. The molecule has 0 bridgehead atoms. The quantitative estimate of drug-likeness (QED) is 0.792. The molecule has 0 fully saturated rings. The van der Waals surface area contributed by atoms with Crippen molar-refractivity contribution in [3.63, 3.8) is 0 Å². The summed E-state index contributed by atoms with van der Waals surface area (Å²) in [6, 6.07) is 17.0. The number of hydrogen-bond acceptors (Lipinski definition) is 5. The van der Waals surface area contributed by atoms with Gasteiger partial charge in [-0.1, -0.05) is 0 Å². The Labute approximate surface area is 134 Å².